The molecule has 0 heterocycles. The second kappa shape index (κ2) is 7.22. The lowest BCUT2D eigenvalue weighted by Crippen LogP contribution is -2.09. The van der Waals surface area contributed by atoms with Crippen molar-refractivity contribution in [2.75, 3.05) is 7.11 Å². The van der Waals surface area contributed by atoms with Crippen molar-refractivity contribution in [3.8, 4) is 23.3 Å². The molecule has 7 heteroatoms. The minimum Gasteiger partial charge on any atom is -0.493 e. The number of halogens is 2. The Morgan fingerprint density at radius 3 is 2.39 bits per heavy atom. The SMILES string of the molecule is COc1cc(C#N)ccc1OC(=O)c1ccc(OC(F)F)cc1. The Morgan fingerprint density at radius 1 is 1.13 bits per heavy atom. The van der Waals surface area contributed by atoms with Crippen molar-refractivity contribution in [3.63, 3.8) is 0 Å². The van der Waals surface area contributed by atoms with Crippen LogP contribution in [0, 0.1) is 11.3 Å². The van der Waals surface area contributed by atoms with E-state index in [2.05, 4.69) is 4.74 Å². The van der Waals surface area contributed by atoms with Gasteiger partial charge in [-0.3, -0.25) is 0 Å². The molecule has 23 heavy (non-hydrogen) atoms. The molecule has 0 fully saturated rings. The summed E-state index contributed by atoms with van der Waals surface area (Å²) in [6, 6.07) is 11.4. The van der Waals surface area contributed by atoms with Crippen LogP contribution < -0.4 is 14.2 Å². The van der Waals surface area contributed by atoms with Crippen molar-refractivity contribution < 1.29 is 27.8 Å². The summed E-state index contributed by atoms with van der Waals surface area (Å²) >= 11 is 0. The molecular weight excluding hydrogens is 308 g/mol. The van der Waals surface area contributed by atoms with Crippen LogP contribution in [0.4, 0.5) is 8.78 Å². The molecular formula is C16H11F2NO4. The first-order valence-electron chi connectivity index (χ1n) is 6.38. The van der Waals surface area contributed by atoms with E-state index in [-0.39, 0.29) is 22.8 Å². The van der Waals surface area contributed by atoms with Crippen LogP contribution in [-0.2, 0) is 0 Å². The Morgan fingerprint density at radius 2 is 1.83 bits per heavy atom. The standard InChI is InChI=1S/C16H11F2NO4/c1-21-14-8-10(9-19)2-7-13(14)23-15(20)11-3-5-12(6-4-11)22-16(17)18/h2-8,16H,1H3. The number of ether oxygens (including phenoxy) is 3. The molecule has 0 saturated carbocycles. The molecule has 2 rings (SSSR count). The van der Waals surface area contributed by atoms with E-state index >= 15 is 0 Å². The van der Waals surface area contributed by atoms with E-state index in [9.17, 15) is 13.6 Å². The van der Waals surface area contributed by atoms with Crippen molar-refractivity contribution in [1.82, 2.24) is 0 Å². The number of rotatable bonds is 5. The van der Waals surface area contributed by atoms with Gasteiger partial charge in [-0.1, -0.05) is 0 Å². The Balaban J connectivity index is 2.14. The van der Waals surface area contributed by atoms with E-state index in [1.54, 1.807) is 0 Å². The monoisotopic (exact) mass is 319 g/mol. The quantitative estimate of drug-likeness (QED) is 0.624. The first kappa shape index (κ1) is 16.2. The van der Waals surface area contributed by atoms with Gasteiger partial charge in [0.1, 0.15) is 5.75 Å². The molecule has 0 aromatic heterocycles. The van der Waals surface area contributed by atoms with Crippen LogP contribution in [0.1, 0.15) is 15.9 Å². The number of hydrogen-bond donors (Lipinski definition) is 0. The normalized spacial score (nSPS) is 10.0. The van der Waals surface area contributed by atoms with Crippen molar-refractivity contribution in [1.29, 1.82) is 5.26 Å². The first-order chi connectivity index (χ1) is 11.0. The Labute approximate surface area is 130 Å². The topological polar surface area (TPSA) is 68.5 Å². The van der Waals surface area contributed by atoms with Gasteiger partial charge < -0.3 is 14.2 Å². The van der Waals surface area contributed by atoms with Crippen LogP contribution in [0.15, 0.2) is 42.5 Å². The van der Waals surface area contributed by atoms with Crippen LogP contribution in [0.3, 0.4) is 0 Å². The summed E-state index contributed by atoms with van der Waals surface area (Å²) in [5, 5.41) is 8.82. The lowest BCUT2D eigenvalue weighted by atomic mass is 10.2. The number of carbonyl (C=O) groups is 1. The molecule has 0 radical (unpaired) electrons. The predicted octanol–water partition coefficient (Wildman–Crippen LogP) is 3.39. The molecule has 0 atom stereocenters. The zero-order valence-corrected chi connectivity index (χ0v) is 12.0. The molecule has 2 aromatic carbocycles. The number of esters is 1. The molecule has 5 nitrogen and oxygen atoms in total. The third-order valence-electron chi connectivity index (χ3n) is 2.81. The van der Waals surface area contributed by atoms with Gasteiger partial charge in [-0.25, -0.2) is 4.79 Å². The Hall–Kier alpha value is -3.14. The summed E-state index contributed by atoms with van der Waals surface area (Å²) in [5.74, 6) is -0.386. The number of nitrogens with zero attached hydrogens (tertiary/aromatic N) is 1. The lowest BCUT2D eigenvalue weighted by molar-refractivity contribution is -0.0498. The van der Waals surface area contributed by atoms with Crippen molar-refractivity contribution in [2.45, 2.75) is 6.61 Å². The van der Waals surface area contributed by atoms with E-state index in [0.717, 1.165) is 0 Å². The predicted molar refractivity (Wildman–Crippen MR) is 75.7 cm³/mol. The Kier molecular flexibility index (Phi) is 5.10. The maximum absolute atomic E-state index is 12.1. The smallest absolute Gasteiger partial charge is 0.387 e. The molecule has 0 aliphatic rings. The Bertz CT molecular complexity index is 739. The fourth-order valence-electron chi connectivity index (χ4n) is 1.75. The highest BCUT2D eigenvalue weighted by molar-refractivity contribution is 5.91. The van der Waals surface area contributed by atoms with Crippen LogP contribution >= 0.6 is 0 Å². The highest BCUT2D eigenvalue weighted by Gasteiger charge is 2.13. The molecule has 0 unspecified atom stereocenters. The molecule has 2 aromatic rings. The van der Waals surface area contributed by atoms with Gasteiger partial charge in [0.15, 0.2) is 11.5 Å². The van der Waals surface area contributed by atoms with Crippen molar-refractivity contribution in [2.24, 2.45) is 0 Å². The summed E-state index contributed by atoms with van der Waals surface area (Å²) in [6.07, 6.45) is 0. The number of benzene rings is 2. The average molecular weight is 319 g/mol. The molecule has 0 saturated heterocycles. The minimum absolute atomic E-state index is 0.0625. The third kappa shape index (κ3) is 4.17. The fourth-order valence-corrected chi connectivity index (χ4v) is 1.75. The maximum atomic E-state index is 12.1. The highest BCUT2D eigenvalue weighted by Crippen LogP contribution is 2.28. The summed E-state index contributed by atoms with van der Waals surface area (Å²) < 4.78 is 38.6. The molecule has 0 spiro atoms. The van der Waals surface area contributed by atoms with Gasteiger partial charge in [0.05, 0.1) is 24.3 Å². The van der Waals surface area contributed by atoms with Crippen molar-refractivity contribution >= 4 is 5.97 Å². The van der Waals surface area contributed by atoms with Gasteiger partial charge in [0, 0.05) is 6.07 Å². The highest BCUT2D eigenvalue weighted by atomic mass is 19.3. The lowest BCUT2D eigenvalue weighted by Gasteiger charge is -2.10. The zero-order chi connectivity index (χ0) is 16.8. The zero-order valence-electron chi connectivity index (χ0n) is 12.0. The molecule has 118 valence electrons. The molecule has 0 N–H and O–H groups in total. The summed E-state index contributed by atoms with van der Waals surface area (Å²) in [5.41, 5.74) is 0.508. The van der Waals surface area contributed by atoms with E-state index < -0.39 is 12.6 Å². The van der Waals surface area contributed by atoms with Gasteiger partial charge in [-0.15, -0.1) is 0 Å². The van der Waals surface area contributed by atoms with Crippen LogP contribution in [0.5, 0.6) is 17.2 Å². The largest absolute Gasteiger partial charge is 0.493 e. The van der Waals surface area contributed by atoms with Crippen LogP contribution in [0.25, 0.3) is 0 Å². The molecule has 0 aliphatic carbocycles. The minimum atomic E-state index is -2.93. The molecule has 0 aliphatic heterocycles. The van der Waals surface area contributed by atoms with E-state index in [1.165, 1.54) is 49.6 Å². The summed E-state index contributed by atoms with van der Waals surface area (Å²) in [6.45, 7) is -2.93. The van der Waals surface area contributed by atoms with Gasteiger partial charge in [-0.2, -0.15) is 14.0 Å². The average Bonchev–Trinajstić information content (AvgIpc) is 2.55. The number of alkyl halides is 2. The summed E-state index contributed by atoms with van der Waals surface area (Å²) in [4.78, 5) is 12.0. The first-order valence-corrected chi connectivity index (χ1v) is 6.38. The second-order valence-electron chi connectivity index (χ2n) is 4.27. The fraction of sp³-hybridized carbons (Fsp3) is 0.125. The van der Waals surface area contributed by atoms with E-state index in [4.69, 9.17) is 14.7 Å². The van der Waals surface area contributed by atoms with Gasteiger partial charge in [0.25, 0.3) is 0 Å². The second-order valence-corrected chi connectivity index (χ2v) is 4.27. The van der Waals surface area contributed by atoms with Crippen molar-refractivity contribution in [3.05, 3.63) is 53.6 Å². The third-order valence-corrected chi connectivity index (χ3v) is 2.81. The van der Waals surface area contributed by atoms with E-state index in [0.29, 0.717) is 5.56 Å². The molecule has 0 amide bonds. The van der Waals surface area contributed by atoms with Gasteiger partial charge in [-0.05, 0) is 36.4 Å². The number of hydrogen-bond acceptors (Lipinski definition) is 5. The van der Waals surface area contributed by atoms with Crippen LogP contribution in [-0.4, -0.2) is 19.7 Å². The maximum Gasteiger partial charge on any atom is 0.387 e. The number of nitriles is 1. The summed E-state index contributed by atoms with van der Waals surface area (Å²) in [7, 11) is 1.38. The van der Waals surface area contributed by atoms with E-state index in [1.807, 2.05) is 6.07 Å². The number of methoxy groups -OCH3 is 1. The van der Waals surface area contributed by atoms with Gasteiger partial charge in [0.2, 0.25) is 0 Å². The van der Waals surface area contributed by atoms with Crippen LogP contribution in [0.2, 0.25) is 0 Å². The number of carbonyl (C=O) groups excluding carboxylic acids is 1. The molecule has 0 bridgehead atoms. The van der Waals surface area contributed by atoms with Gasteiger partial charge >= 0.3 is 12.6 Å².